The second-order valence-electron chi connectivity index (χ2n) is 8.65. The van der Waals surface area contributed by atoms with Crippen LogP contribution in [0.4, 0.5) is 0 Å². The third kappa shape index (κ3) is 2.63. The first-order chi connectivity index (χ1) is 13.9. The molecule has 0 heterocycles. The summed E-state index contributed by atoms with van der Waals surface area (Å²) in [6.45, 7) is 6.63. The van der Waals surface area contributed by atoms with Crippen LogP contribution in [-0.4, -0.2) is 3.71 Å². The van der Waals surface area contributed by atoms with Crippen LogP contribution < -0.4 is 0 Å². The summed E-state index contributed by atoms with van der Waals surface area (Å²) in [5.41, 5.74) is 5.19. The number of hydrogen-bond acceptors (Lipinski definition) is 0. The molecule has 0 fully saturated rings. The summed E-state index contributed by atoms with van der Waals surface area (Å²) in [5.74, 6) is 0. The van der Waals surface area contributed by atoms with E-state index in [1.165, 1.54) is 22.3 Å². The van der Waals surface area contributed by atoms with E-state index >= 15 is 0 Å². The van der Waals surface area contributed by atoms with Crippen LogP contribution in [0, 0.1) is 0 Å². The van der Waals surface area contributed by atoms with Crippen LogP contribution in [0.1, 0.15) is 68.7 Å². The summed E-state index contributed by atoms with van der Waals surface area (Å²) in [6, 6.07) is 17.4. The van der Waals surface area contributed by atoms with Gasteiger partial charge in [-0.3, -0.25) is 0 Å². The van der Waals surface area contributed by atoms with Gasteiger partial charge in [0.2, 0.25) is 0 Å². The van der Waals surface area contributed by atoms with Crippen LogP contribution in [0.5, 0.6) is 0 Å². The van der Waals surface area contributed by atoms with Crippen LogP contribution in [0.2, 0.25) is 0 Å². The van der Waals surface area contributed by atoms with Crippen molar-refractivity contribution in [3.8, 4) is 0 Å². The van der Waals surface area contributed by atoms with Gasteiger partial charge in [0, 0.05) is 0 Å². The summed E-state index contributed by atoms with van der Waals surface area (Å²) in [6.07, 6.45) is 13.3. The summed E-state index contributed by atoms with van der Waals surface area (Å²) in [5, 5.41) is 0. The first kappa shape index (κ1) is 21.5. The van der Waals surface area contributed by atoms with Gasteiger partial charge >= 0.3 is 184 Å². The van der Waals surface area contributed by atoms with E-state index in [0.29, 0.717) is 0 Å². The molecule has 0 aliphatic heterocycles. The molecule has 2 aliphatic rings. The van der Waals surface area contributed by atoms with Crippen LogP contribution >= 0.6 is 17.0 Å². The Bertz CT molecular complexity index is 994. The van der Waals surface area contributed by atoms with E-state index in [1.54, 1.807) is 0 Å². The second-order valence-corrected chi connectivity index (χ2v) is 30.2. The Kier molecular flexibility index (Phi) is 5.51. The summed E-state index contributed by atoms with van der Waals surface area (Å²) >= 11 is -4.78. The molecule has 2 atom stereocenters. The predicted octanol–water partition coefficient (Wildman–Crippen LogP) is 8.25. The minimum atomic E-state index is -4.78. The first-order valence-corrected chi connectivity index (χ1v) is 21.0. The summed E-state index contributed by atoms with van der Waals surface area (Å²) in [7, 11) is 16.3. The Labute approximate surface area is 183 Å². The van der Waals surface area contributed by atoms with Crippen molar-refractivity contribution in [1.82, 2.24) is 0 Å². The van der Waals surface area contributed by atoms with Gasteiger partial charge in [-0.25, -0.2) is 0 Å². The number of rotatable bonds is 6. The molecule has 29 heavy (non-hydrogen) atoms. The molecule has 0 bridgehead atoms. The van der Waals surface area contributed by atoms with Crippen LogP contribution in [-0.2, 0) is 22.2 Å². The van der Waals surface area contributed by atoms with Gasteiger partial charge < -0.3 is 0 Å². The Balaban J connectivity index is 2.11. The standard InChI is InChI=1S/2C12H13.C2H4.2ClH.Zr/c2*1-2-5-10-8-9-11-6-3-4-7-12(10)11;1-2;;;/h2*3-4,6-9H,2,5H2,1H3;1H,2H3;2*1H;/q;;;;;+2/p-2. The second kappa shape index (κ2) is 7.44. The maximum absolute atomic E-state index is 8.14. The average Bonchev–Trinajstić information content (AvgIpc) is 3.31. The molecule has 4 rings (SSSR count). The number of halogens is 2. The van der Waals surface area contributed by atoms with E-state index < -0.39 is 15.9 Å². The molecule has 0 spiro atoms. The van der Waals surface area contributed by atoms with E-state index in [1.807, 2.05) is 0 Å². The van der Waals surface area contributed by atoms with Crippen molar-refractivity contribution >= 4 is 32.9 Å². The van der Waals surface area contributed by atoms with Crippen LogP contribution in [0.25, 0.3) is 12.2 Å². The van der Waals surface area contributed by atoms with Crippen molar-refractivity contribution in [1.29, 1.82) is 0 Å². The molecule has 0 nitrogen and oxygen atoms in total. The minimum absolute atomic E-state index is 0.304. The maximum atomic E-state index is 8.14. The zero-order valence-electron chi connectivity index (χ0n) is 17.6. The van der Waals surface area contributed by atoms with E-state index in [2.05, 4.69) is 97.3 Å². The molecule has 2 aliphatic carbocycles. The van der Waals surface area contributed by atoms with Gasteiger partial charge in [0.1, 0.15) is 0 Å². The molecule has 3 heteroatoms. The quantitative estimate of drug-likeness (QED) is 0.372. The number of fused-ring (bicyclic) bond motifs is 2. The Morgan fingerprint density at radius 3 is 1.55 bits per heavy atom. The number of benzene rings is 2. The summed E-state index contributed by atoms with van der Waals surface area (Å²) < 4.78 is 1.68. The molecule has 152 valence electrons. The fraction of sp³-hybridized carbons (Fsp3) is 0.346. The molecule has 0 N–H and O–H groups in total. The molecule has 2 aromatic carbocycles. The molecule has 0 aromatic heterocycles. The van der Waals surface area contributed by atoms with Gasteiger partial charge in [0.15, 0.2) is 0 Å². The van der Waals surface area contributed by atoms with Crippen molar-refractivity contribution in [2.45, 2.75) is 52.7 Å². The molecular weight excluding hydrogens is 474 g/mol. The van der Waals surface area contributed by atoms with Crippen LogP contribution in [0.3, 0.4) is 0 Å². The zero-order valence-corrected chi connectivity index (χ0v) is 21.6. The van der Waals surface area contributed by atoms with Gasteiger partial charge in [-0.2, -0.15) is 0 Å². The Morgan fingerprint density at radius 2 is 1.17 bits per heavy atom. The average molecular weight is 505 g/mol. The van der Waals surface area contributed by atoms with Gasteiger partial charge in [-0.15, -0.1) is 0 Å². The van der Waals surface area contributed by atoms with E-state index in [4.69, 9.17) is 17.0 Å². The molecule has 0 amide bonds. The zero-order chi connectivity index (χ0) is 20.8. The third-order valence-electron chi connectivity index (χ3n) is 7.41. The SMILES string of the molecule is C[CH]=[Zr]([Cl])([Cl])([C]1(CCC)C=Cc2ccccc21)[C]1(CCC)C=Cc2ccccc21. The van der Waals surface area contributed by atoms with E-state index in [9.17, 15) is 0 Å². The van der Waals surface area contributed by atoms with E-state index in [-0.39, 0.29) is 6.25 Å². The summed E-state index contributed by atoms with van der Waals surface area (Å²) in [4.78, 5) is 0. The predicted molar refractivity (Wildman–Crippen MR) is 128 cm³/mol. The van der Waals surface area contributed by atoms with Crippen LogP contribution in [0.15, 0.2) is 60.7 Å². The van der Waals surface area contributed by atoms with Gasteiger partial charge in [0.05, 0.1) is 0 Å². The first-order valence-electron chi connectivity index (χ1n) is 10.8. The fourth-order valence-corrected chi connectivity index (χ4v) is 25.7. The Hall–Kier alpha value is -0.747. The molecule has 2 aromatic rings. The van der Waals surface area contributed by atoms with Gasteiger partial charge in [-0.1, -0.05) is 0 Å². The van der Waals surface area contributed by atoms with Crippen molar-refractivity contribution in [3.05, 3.63) is 82.9 Å². The van der Waals surface area contributed by atoms with Crippen molar-refractivity contribution in [2.24, 2.45) is 0 Å². The Morgan fingerprint density at radius 1 is 0.759 bits per heavy atom. The molecule has 0 saturated carbocycles. The van der Waals surface area contributed by atoms with Crippen molar-refractivity contribution < 1.29 is 15.9 Å². The van der Waals surface area contributed by atoms with Crippen molar-refractivity contribution in [3.63, 3.8) is 0 Å². The number of allylic oxidation sites excluding steroid dienone is 2. The topological polar surface area (TPSA) is 0 Å². The molecule has 2 unspecified atom stereocenters. The molecule has 0 saturated heterocycles. The monoisotopic (exact) mass is 502 g/mol. The molecule has 0 radical (unpaired) electrons. The third-order valence-corrected chi connectivity index (χ3v) is 31.9. The van der Waals surface area contributed by atoms with E-state index in [0.717, 1.165) is 25.7 Å². The number of hydrogen-bond donors (Lipinski definition) is 0. The van der Waals surface area contributed by atoms with Gasteiger partial charge in [-0.05, 0) is 0 Å². The van der Waals surface area contributed by atoms with Crippen molar-refractivity contribution in [2.75, 3.05) is 0 Å². The normalized spacial score (nSPS) is 25.2. The van der Waals surface area contributed by atoms with Gasteiger partial charge in [0.25, 0.3) is 0 Å². The fourth-order valence-electron chi connectivity index (χ4n) is 6.14. The molecular formula is C26H30Cl2Zr.